The third kappa shape index (κ3) is 6.16. The minimum Gasteiger partial charge on any atom is -0.396 e. The number of pyridine rings is 2. The van der Waals surface area contributed by atoms with Crippen LogP contribution in [0.5, 0.6) is 0 Å². The first-order chi connectivity index (χ1) is 15.8. The molecule has 0 aliphatic carbocycles. The summed E-state index contributed by atoms with van der Waals surface area (Å²) >= 11 is 0. The van der Waals surface area contributed by atoms with Crippen LogP contribution >= 0.6 is 0 Å². The first-order valence-electron chi connectivity index (χ1n) is 11.6. The Labute approximate surface area is 190 Å². The molecule has 0 amide bonds. The van der Waals surface area contributed by atoms with Gasteiger partial charge in [-0.15, -0.1) is 10.2 Å². The fourth-order valence-electron chi connectivity index (χ4n) is 4.12. The summed E-state index contributed by atoms with van der Waals surface area (Å²) < 4.78 is 0. The molecule has 0 atom stereocenters. The Morgan fingerprint density at radius 1 is 0.719 bits per heavy atom. The van der Waals surface area contributed by atoms with Crippen molar-refractivity contribution in [2.24, 2.45) is 0 Å². The second-order valence-electron chi connectivity index (χ2n) is 8.29. The Morgan fingerprint density at radius 2 is 1.41 bits per heavy atom. The van der Waals surface area contributed by atoms with Crippen LogP contribution in [0, 0.1) is 0 Å². The summed E-state index contributed by atoms with van der Waals surface area (Å²) in [6, 6.07) is 13.9. The van der Waals surface area contributed by atoms with Crippen molar-refractivity contribution in [3.05, 3.63) is 60.4 Å². The summed E-state index contributed by atoms with van der Waals surface area (Å²) in [7, 11) is 0. The van der Waals surface area contributed by atoms with Gasteiger partial charge in [0.25, 0.3) is 0 Å². The number of hydrogen-bond donors (Lipinski definition) is 1. The highest BCUT2D eigenvalue weighted by Crippen LogP contribution is 2.24. The van der Waals surface area contributed by atoms with E-state index in [1.807, 2.05) is 36.4 Å². The Balaban J connectivity index is 1.43. The zero-order valence-electron chi connectivity index (χ0n) is 18.6. The molecule has 4 heterocycles. The van der Waals surface area contributed by atoms with Crippen molar-refractivity contribution in [1.29, 1.82) is 0 Å². The quantitative estimate of drug-likeness (QED) is 0.493. The molecule has 168 valence electrons. The Kier molecular flexibility index (Phi) is 8.25. The first-order valence-corrected chi connectivity index (χ1v) is 11.6. The largest absolute Gasteiger partial charge is 0.396 e. The summed E-state index contributed by atoms with van der Waals surface area (Å²) in [4.78, 5) is 14.0. The molecule has 7 heteroatoms. The van der Waals surface area contributed by atoms with E-state index in [-0.39, 0.29) is 0 Å². The van der Waals surface area contributed by atoms with Crippen LogP contribution in [-0.2, 0) is 6.54 Å². The van der Waals surface area contributed by atoms with Crippen LogP contribution in [-0.4, -0.2) is 74.4 Å². The molecule has 1 aliphatic heterocycles. The minimum absolute atomic E-state index is 0.311. The summed E-state index contributed by atoms with van der Waals surface area (Å²) in [6.45, 7) is 6.55. The molecule has 1 N–H and O–H groups in total. The lowest BCUT2D eigenvalue weighted by Gasteiger charge is -2.35. The second kappa shape index (κ2) is 11.8. The zero-order chi connectivity index (χ0) is 22.0. The molecule has 1 fully saturated rings. The molecule has 0 aromatic carbocycles. The van der Waals surface area contributed by atoms with Gasteiger partial charge in [-0.2, -0.15) is 0 Å². The van der Waals surface area contributed by atoms with Gasteiger partial charge in [0.15, 0.2) is 0 Å². The fourth-order valence-corrected chi connectivity index (χ4v) is 4.12. The van der Waals surface area contributed by atoms with E-state index >= 15 is 0 Å². The molecule has 0 bridgehead atoms. The van der Waals surface area contributed by atoms with E-state index in [0.29, 0.717) is 6.61 Å². The van der Waals surface area contributed by atoms with Crippen LogP contribution < -0.4 is 0 Å². The Hall–Kier alpha value is -2.74. The average molecular weight is 433 g/mol. The Morgan fingerprint density at radius 3 is 2.09 bits per heavy atom. The number of nitrogens with zero attached hydrogens (tertiary/aromatic N) is 6. The molecule has 7 nitrogen and oxygen atoms in total. The Bertz CT molecular complexity index is 945. The van der Waals surface area contributed by atoms with E-state index in [2.05, 4.69) is 36.0 Å². The van der Waals surface area contributed by atoms with Gasteiger partial charge in [0, 0.05) is 51.7 Å². The van der Waals surface area contributed by atoms with Crippen molar-refractivity contribution in [3.63, 3.8) is 0 Å². The number of piperazine rings is 1. The number of hydrogen-bond acceptors (Lipinski definition) is 7. The topological polar surface area (TPSA) is 78.3 Å². The number of aromatic nitrogens is 4. The lowest BCUT2D eigenvalue weighted by atomic mass is 10.1. The smallest absolute Gasteiger partial charge is 0.116 e. The molecule has 3 aromatic heterocycles. The first kappa shape index (κ1) is 22.5. The van der Waals surface area contributed by atoms with Crippen molar-refractivity contribution in [1.82, 2.24) is 30.0 Å². The highest BCUT2D eigenvalue weighted by Gasteiger charge is 2.20. The third-order valence-electron chi connectivity index (χ3n) is 5.95. The number of unbranched alkanes of at least 4 members (excludes halogenated alkanes) is 3. The van der Waals surface area contributed by atoms with E-state index in [1.165, 1.54) is 12.8 Å². The predicted octanol–water partition coefficient (Wildman–Crippen LogP) is 3.27. The normalized spacial score (nSPS) is 15.2. The molecule has 0 saturated carbocycles. The molecule has 4 rings (SSSR count). The van der Waals surface area contributed by atoms with Gasteiger partial charge in [-0.1, -0.05) is 25.0 Å². The van der Waals surface area contributed by atoms with Crippen molar-refractivity contribution >= 4 is 0 Å². The number of aliphatic hydroxyl groups excluding tert-OH is 1. The fraction of sp³-hybridized carbons (Fsp3) is 0.440. The lowest BCUT2D eigenvalue weighted by molar-refractivity contribution is 0.125. The van der Waals surface area contributed by atoms with Gasteiger partial charge in [0.1, 0.15) is 11.4 Å². The summed E-state index contributed by atoms with van der Waals surface area (Å²) in [6.07, 6.45) is 8.05. The molecule has 0 radical (unpaired) electrons. The summed E-state index contributed by atoms with van der Waals surface area (Å²) in [5.41, 5.74) is 4.46. The molecule has 1 aliphatic rings. The summed E-state index contributed by atoms with van der Waals surface area (Å²) in [5.74, 6) is 0. The minimum atomic E-state index is 0.311. The van der Waals surface area contributed by atoms with Crippen LogP contribution in [0.2, 0.25) is 0 Å². The van der Waals surface area contributed by atoms with E-state index in [9.17, 15) is 0 Å². The SMILES string of the molecule is OCCCCCCN1CCN(Cc2cc(-c3ccccn3)nnc2-c2ccccn2)CC1. The van der Waals surface area contributed by atoms with Crippen molar-refractivity contribution in [3.8, 4) is 22.8 Å². The second-order valence-corrected chi connectivity index (χ2v) is 8.29. The zero-order valence-corrected chi connectivity index (χ0v) is 18.6. The van der Waals surface area contributed by atoms with Gasteiger partial charge < -0.3 is 10.0 Å². The maximum Gasteiger partial charge on any atom is 0.116 e. The predicted molar refractivity (Wildman–Crippen MR) is 126 cm³/mol. The number of aliphatic hydroxyl groups is 1. The van der Waals surface area contributed by atoms with Crippen LogP contribution in [0.15, 0.2) is 54.9 Å². The summed E-state index contributed by atoms with van der Waals surface area (Å²) in [5, 5.41) is 17.9. The van der Waals surface area contributed by atoms with E-state index in [0.717, 1.165) is 80.4 Å². The monoisotopic (exact) mass is 432 g/mol. The van der Waals surface area contributed by atoms with Crippen LogP contribution in [0.1, 0.15) is 31.2 Å². The van der Waals surface area contributed by atoms with Crippen molar-refractivity contribution < 1.29 is 5.11 Å². The molecule has 1 saturated heterocycles. The van der Waals surface area contributed by atoms with Crippen LogP contribution in [0.25, 0.3) is 22.8 Å². The van der Waals surface area contributed by atoms with Crippen LogP contribution in [0.4, 0.5) is 0 Å². The van der Waals surface area contributed by atoms with Gasteiger partial charge in [-0.05, 0) is 55.3 Å². The maximum absolute atomic E-state index is 8.91. The maximum atomic E-state index is 8.91. The van der Waals surface area contributed by atoms with E-state index in [4.69, 9.17) is 5.11 Å². The van der Waals surface area contributed by atoms with E-state index in [1.54, 1.807) is 12.4 Å². The molecule has 32 heavy (non-hydrogen) atoms. The van der Waals surface area contributed by atoms with Crippen LogP contribution in [0.3, 0.4) is 0 Å². The molecular formula is C25H32N6O. The third-order valence-corrected chi connectivity index (χ3v) is 5.95. The average Bonchev–Trinajstić information content (AvgIpc) is 2.86. The van der Waals surface area contributed by atoms with Gasteiger partial charge in [0.05, 0.1) is 11.4 Å². The molecule has 3 aromatic rings. The lowest BCUT2D eigenvalue weighted by Crippen LogP contribution is -2.46. The van der Waals surface area contributed by atoms with E-state index < -0.39 is 0 Å². The highest BCUT2D eigenvalue weighted by atomic mass is 16.2. The molecule has 0 unspecified atom stereocenters. The molecular weight excluding hydrogens is 400 g/mol. The number of rotatable bonds is 10. The van der Waals surface area contributed by atoms with Gasteiger partial charge in [-0.3, -0.25) is 14.9 Å². The van der Waals surface area contributed by atoms with Crippen molar-refractivity contribution in [2.75, 3.05) is 39.3 Å². The van der Waals surface area contributed by atoms with Gasteiger partial charge in [0.2, 0.25) is 0 Å². The van der Waals surface area contributed by atoms with Gasteiger partial charge >= 0.3 is 0 Å². The highest BCUT2D eigenvalue weighted by molar-refractivity contribution is 5.63. The standard InChI is InChI=1S/C25H32N6O/c32-18-8-2-1-7-13-30-14-16-31(17-15-30)20-21-19-24(22-9-3-5-11-26-22)28-29-25(21)23-10-4-6-12-27-23/h3-6,9-12,19,32H,1-2,7-8,13-18,20H2. The van der Waals surface area contributed by atoms with Gasteiger partial charge in [-0.25, -0.2) is 0 Å². The van der Waals surface area contributed by atoms with Crippen molar-refractivity contribution in [2.45, 2.75) is 32.2 Å². The molecule has 0 spiro atoms.